The molecule has 0 radical (unpaired) electrons. The third kappa shape index (κ3) is 10.4. The van der Waals surface area contributed by atoms with Crippen molar-refractivity contribution in [2.24, 2.45) is 16.7 Å². The van der Waals surface area contributed by atoms with Crippen LogP contribution < -0.4 is 0 Å². The molecule has 0 bridgehead atoms. The van der Waals surface area contributed by atoms with Crippen molar-refractivity contribution in [3.63, 3.8) is 0 Å². The number of hydrogen-bond donors (Lipinski definition) is 1. The first kappa shape index (κ1) is 35.6. The molecule has 8 heteroatoms. The SMILES string of the molecule is CCC(C)OC(C)COC(=O)C(C)(CC)C(C)(C)OCC(C)(C)C(C)(C)OC(=O)OCC(C)C(C)(C)O. The molecular weight excluding hydrogens is 476 g/mol. The fourth-order valence-electron chi connectivity index (χ4n) is 3.17. The Morgan fingerprint density at radius 3 is 1.78 bits per heavy atom. The van der Waals surface area contributed by atoms with Crippen LogP contribution in [0.3, 0.4) is 0 Å². The molecule has 0 spiro atoms. The first-order valence-electron chi connectivity index (χ1n) is 13.6. The summed E-state index contributed by atoms with van der Waals surface area (Å²) in [6.45, 7) is 26.5. The maximum absolute atomic E-state index is 13.2. The lowest BCUT2D eigenvalue weighted by Crippen LogP contribution is -2.53. The van der Waals surface area contributed by atoms with Crippen molar-refractivity contribution < 1.29 is 38.4 Å². The predicted octanol–water partition coefficient (Wildman–Crippen LogP) is 6.31. The molecule has 37 heavy (non-hydrogen) atoms. The first-order chi connectivity index (χ1) is 16.6. The lowest BCUT2D eigenvalue weighted by Gasteiger charge is -2.46. The van der Waals surface area contributed by atoms with Gasteiger partial charge in [0.05, 0.1) is 35.4 Å². The van der Waals surface area contributed by atoms with E-state index in [1.165, 1.54) is 0 Å². The number of carbonyl (C=O) groups excluding carboxylic acids is 2. The van der Waals surface area contributed by atoms with Crippen molar-refractivity contribution in [3.8, 4) is 0 Å². The average molecular weight is 533 g/mol. The van der Waals surface area contributed by atoms with Gasteiger partial charge in [-0.2, -0.15) is 0 Å². The van der Waals surface area contributed by atoms with Crippen LogP contribution in [-0.4, -0.2) is 66.1 Å². The summed E-state index contributed by atoms with van der Waals surface area (Å²) < 4.78 is 28.8. The highest BCUT2D eigenvalue weighted by molar-refractivity contribution is 5.78. The minimum atomic E-state index is -0.972. The molecule has 0 aliphatic carbocycles. The Labute approximate surface area is 226 Å². The molecule has 0 aliphatic heterocycles. The molecule has 0 heterocycles. The summed E-state index contributed by atoms with van der Waals surface area (Å²) >= 11 is 0. The predicted molar refractivity (Wildman–Crippen MR) is 145 cm³/mol. The quantitative estimate of drug-likeness (QED) is 0.231. The lowest BCUT2D eigenvalue weighted by atomic mass is 9.72. The second-order valence-electron chi connectivity index (χ2n) is 12.9. The zero-order valence-corrected chi connectivity index (χ0v) is 26.1. The van der Waals surface area contributed by atoms with E-state index in [1.807, 2.05) is 62.3 Å². The van der Waals surface area contributed by atoms with E-state index in [0.717, 1.165) is 6.42 Å². The van der Waals surface area contributed by atoms with Crippen molar-refractivity contribution in [3.05, 3.63) is 0 Å². The van der Waals surface area contributed by atoms with E-state index < -0.39 is 33.8 Å². The van der Waals surface area contributed by atoms with Crippen LogP contribution in [0.15, 0.2) is 0 Å². The van der Waals surface area contributed by atoms with Crippen LogP contribution in [0.2, 0.25) is 0 Å². The fourth-order valence-corrected chi connectivity index (χ4v) is 3.17. The molecule has 1 N–H and O–H groups in total. The van der Waals surface area contributed by atoms with Gasteiger partial charge in [0.1, 0.15) is 18.8 Å². The van der Waals surface area contributed by atoms with E-state index in [-0.39, 0.29) is 43.9 Å². The minimum absolute atomic E-state index is 0.0420. The molecule has 0 aromatic rings. The van der Waals surface area contributed by atoms with Crippen LogP contribution in [0.25, 0.3) is 0 Å². The number of carbonyl (C=O) groups is 2. The molecule has 0 rings (SSSR count). The van der Waals surface area contributed by atoms with E-state index in [9.17, 15) is 14.7 Å². The average Bonchev–Trinajstić information content (AvgIpc) is 2.77. The van der Waals surface area contributed by atoms with Crippen LogP contribution in [0.1, 0.15) is 110 Å². The van der Waals surface area contributed by atoms with Gasteiger partial charge in [-0.25, -0.2) is 4.79 Å². The zero-order valence-electron chi connectivity index (χ0n) is 26.1. The summed E-state index contributed by atoms with van der Waals surface area (Å²) in [5.74, 6) is -0.589. The molecule has 0 aromatic carbocycles. The maximum atomic E-state index is 13.2. The third-order valence-corrected chi connectivity index (χ3v) is 8.39. The van der Waals surface area contributed by atoms with E-state index in [2.05, 4.69) is 0 Å². The van der Waals surface area contributed by atoms with Gasteiger partial charge >= 0.3 is 12.1 Å². The van der Waals surface area contributed by atoms with Gasteiger partial charge in [-0.1, -0.05) is 34.6 Å². The number of rotatable bonds is 16. The Hall–Kier alpha value is -1.38. The largest absolute Gasteiger partial charge is 0.508 e. The monoisotopic (exact) mass is 532 g/mol. The van der Waals surface area contributed by atoms with Gasteiger partial charge in [0.25, 0.3) is 0 Å². The van der Waals surface area contributed by atoms with Gasteiger partial charge in [-0.05, 0) is 75.2 Å². The van der Waals surface area contributed by atoms with Gasteiger partial charge in [0.2, 0.25) is 0 Å². The van der Waals surface area contributed by atoms with Crippen molar-refractivity contribution >= 4 is 12.1 Å². The summed E-state index contributed by atoms with van der Waals surface area (Å²) in [4.78, 5) is 25.6. The standard InChI is InChI=1S/C29H56O8/c1-15-21(4)36-22(5)18-33-23(30)29(14,16-2)28(12,13)35-19-25(6,7)27(10,11)37-24(31)34-17-20(3)26(8,9)32/h20-22,32H,15-19H2,1-14H3. The zero-order chi connectivity index (χ0) is 29.5. The number of hydrogen-bond acceptors (Lipinski definition) is 8. The molecule has 0 saturated heterocycles. The van der Waals surface area contributed by atoms with E-state index in [0.29, 0.717) is 6.42 Å². The van der Waals surface area contributed by atoms with Gasteiger partial charge in [-0.3, -0.25) is 4.79 Å². The van der Waals surface area contributed by atoms with Gasteiger partial charge in [0, 0.05) is 11.3 Å². The highest BCUT2D eigenvalue weighted by Gasteiger charge is 2.50. The van der Waals surface area contributed by atoms with Crippen LogP contribution in [0.5, 0.6) is 0 Å². The molecule has 4 unspecified atom stereocenters. The van der Waals surface area contributed by atoms with Crippen LogP contribution in [0.4, 0.5) is 4.79 Å². The third-order valence-electron chi connectivity index (χ3n) is 8.39. The van der Waals surface area contributed by atoms with Crippen LogP contribution >= 0.6 is 0 Å². The summed E-state index contributed by atoms with van der Waals surface area (Å²) in [7, 11) is 0. The fraction of sp³-hybridized carbons (Fsp3) is 0.931. The molecule has 8 nitrogen and oxygen atoms in total. The Morgan fingerprint density at radius 1 is 0.784 bits per heavy atom. The molecule has 0 saturated carbocycles. The van der Waals surface area contributed by atoms with Crippen molar-refractivity contribution in [1.29, 1.82) is 0 Å². The van der Waals surface area contributed by atoms with E-state index in [1.54, 1.807) is 34.6 Å². The normalized spacial score (nSPS) is 17.4. The minimum Gasteiger partial charge on any atom is -0.462 e. The topological polar surface area (TPSA) is 101 Å². The first-order valence-corrected chi connectivity index (χ1v) is 13.6. The van der Waals surface area contributed by atoms with Gasteiger partial charge in [0.15, 0.2) is 0 Å². The highest BCUT2D eigenvalue weighted by atomic mass is 16.7. The Kier molecular flexibility index (Phi) is 13.1. The maximum Gasteiger partial charge on any atom is 0.508 e. The second-order valence-corrected chi connectivity index (χ2v) is 12.9. The molecule has 0 fully saturated rings. The second kappa shape index (κ2) is 13.6. The molecule has 220 valence electrons. The molecule has 0 amide bonds. The summed E-state index contributed by atoms with van der Waals surface area (Å²) in [6, 6.07) is 0. The van der Waals surface area contributed by atoms with Crippen molar-refractivity contribution in [2.75, 3.05) is 19.8 Å². The summed E-state index contributed by atoms with van der Waals surface area (Å²) in [5.41, 5.74) is -4.31. The highest BCUT2D eigenvalue weighted by Crippen LogP contribution is 2.42. The summed E-state index contributed by atoms with van der Waals surface area (Å²) in [5, 5.41) is 10.0. The van der Waals surface area contributed by atoms with Crippen molar-refractivity contribution in [1.82, 2.24) is 0 Å². The van der Waals surface area contributed by atoms with Gasteiger partial charge < -0.3 is 28.8 Å². The Balaban J connectivity index is 5.25. The van der Waals surface area contributed by atoms with Crippen LogP contribution in [-0.2, 0) is 28.5 Å². The van der Waals surface area contributed by atoms with E-state index >= 15 is 0 Å². The number of esters is 1. The Bertz CT molecular complexity index is 722. The summed E-state index contributed by atoms with van der Waals surface area (Å²) in [6.07, 6.45) is 0.502. The lowest BCUT2D eigenvalue weighted by molar-refractivity contribution is -0.194. The van der Waals surface area contributed by atoms with Gasteiger partial charge in [-0.15, -0.1) is 0 Å². The van der Waals surface area contributed by atoms with Crippen molar-refractivity contribution in [2.45, 2.75) is 139 Å². The Morgan fingerprint density at radius 2 is 1.32 bits per heavy atom. The van der Waals surface area contributed by atoms with Crippen LogP contribution in [0, 0.1) is 16.7 Å². The molecular formula is C29H56O8. The molecule has 0 aliphatic rings. The molecule has 0 aromatic heterocycles. The number of aliphatic hydroxyl groups is 1. The smallest absolute Gasteiger partial charge is 0.462 e. The molecule has 4 atom stereocenters. The van der Waals surface area contributed by atoms with E-state index in [4.69, 9.17) is 23.7 Å². The number of ether oxygens (including phenoxy) is 5.